The molecule has 1 fully saturated rings. The Balaban J connectivity index is 1.46. The lowest BCUT2D eigenvalue weighted by Crippen LogP contribution is -2.41. The number of nitrogens with zero attached hydrogens (tertiary/aromatic N) is 2. The van der Waals surface area contributed by atoms with E-state index < -0.39 is 0 Å². The van der Waals surface area contributed by atoms with E-state index in [2.05, 4.69) is 27.4 Å². The third-order valence-corrected chi connectivity index (χ3v) is 5.35. The largest absolute Gasteiger partial charge is 0.352 e. The summed E-state index contributed by atoms with van der Waals surface area (Å²) in [7, 11) is 0. The molecule has 1 aromatic heterocycles. The van der Waals surface area contributed by atoms with Gasteiger partial charge < -0.3 is 5.32 Å². The van der Waals surface area contributed by atoms with E-state index in [-0.39, 0.29) is 5.91 Å². The van der Waals surface area contributed by atoms with E-state index >= 15 is 0 Å². The van der Waals surface area contributed by atoms with E-state index in [1.165, 1.54) is 31.0 Å². The van der Waals surface area contributed by atoms with Crippen LogP contribution in [0.5, 0.6) is 0 Å². The highest BCUT2D eigenvalue weighted by Crippen LogP contribution is 2.24. The molecule has 2 unspecified atom stereocenters. The summed E-state index contributed by atoms with van der Waals surface area (Å²) in [4.78, 5) is 16.5. The van der Waals surface area contributed by atoms with Gasteiger partial charge in [0.25, 0.3) is 0 Å². The van der Waals surface area contributed by atoms with Gasteiger partial charge >= 0.3 is 0 Å². The number of nitrogens with one attached hydrogen (secondary N) is 2. The minimum Gasteiger partial charge on any atom is -0.352 e. The number of rotatable bonds is 6. The number of H-pyrrole nitrogens is 1. The minimum absolute atomic E-state index is 0.0647. The molecule has 1 saturated carbocycles. The summed E-state index contributed by atoms with van der Waals surface area (Å²) in [6.45, 7) is 2.22. The van der Waals surface area contributed by atoms with Crippen LogP contribution in [0.15, 0.2) is 35.5 Å². The normalized spacial score (nSPS) is 20.7. The molecule has 3 rings (SSSR count). The topological polar surface area (TPSA) is 70.7 Å². The Labute approximate surface area is 152 Å². The highest BCUT2D eigenvalue weighted by atomic mass is 32.2. The molecule has 25 heavy (non-hydrogen) atoms. The first kappa shape index (κ1) is 17.7. The smallest absolute Gasteiger partial charge is 0.230 e. The fourth-order valence-electron chi connectivity index (χ4n) is 3.05. The van der Waals surface area contributed by atoms with Crippen molar-refractivity contribution < 1.29 is 4.79 Å². The van der Waals surface area contributed by atoms with Gasteiger partial charge in [-0.25, -0.2) is 4.98 Å². The second kappa shape index (κ2) is 8.85. The lowest BCUT2D eigenvalue weighted by molar-refractivity contribution is -0.119. The number of hydrogen-bond donors (Lipinski definition) is 2. The Morgan fingerprint density at radius 2 is 2.08 bits per heavy atom. The Morgan fingerprint density at radius 1 is 1.28 bits per heavy atom. The summed E-state index contributed by atoms with van der Waals surface area (Å²) in [5, 5.41) is 10.8. The second-order valence-corrected chi connectivity index (χ2v) is 7.41. The Morgan fingerprint density at radius 3 is 2.88 bits per heavy atom. The molecule has 1 amide bonds. The van der Waals surface area contributed by atoms with Crippen LogP contribution in [0.4, 0.5) is 0 Å². The minimum atomic E-state index is 0.0647. The molecular weight excluding hydrogens is 332 g/mol. The Hall–Kier alpha value is -2.08. The van der Waals surface area contributed by atoms with Crippen LogP contribution in [0.3, 0.4) is 0 Å². The first-order chi connectivity index (χ1) is 12.2. The zero-order valence-electron chi connectivity index (χ0n) is 14.4. The van der Waals surface area contributed by atoms with Crippen LogP contribution in [-0.4, -0.2) is 32.9 Å². The maximum absolute atomic E-state index is 12.1. The molecule has 0 aliphatic heterocycles. The molecule has 2 aromatic rings. The van der Waals surface area contributed by atoms with Crippen LogP contribution < -0.4 is 5.32 Å². The zero-order valence-corrected chi connectivity index (χ0v) is 15.3. The monoisotopic (exact) mass is 356 g/mol. The van der Waals surface area contributed by atoms with Crippen molar-refractivity contribution in [1.82, 2.24) is 20.5 Å². The first-order valence-electron chi connectivity index (χ1n) is 8.78. The van der Waals surface area contributed by atoms with Crippen molar-refractivity contribution >= 4 is 29.8 Å². The molecule has 1 aromatic carbocycles. The van der Waals surface area contributed by atoms with Crippen molar-refractivity contribution in [3.63, 3.8) is 0 Å². The second-order valence-electron chi connectivity index (χ2n) is 6.47. The number of carbonyl (C=O) groups is 1. The number of carbonyl (C=O) groups excluding carboxylic acids is 1. The van der Waals surface area contributed by atoms with Crippen LogP contribution >= 0.6 is 11.8 Å². The molecule has 1 heterocycles. The molecule has 1 aliphatic carbocycles. The highest BCUT2D eigenvalue weighted by Gasteiger charge is 2.22. The summed E-state index contributed by atoms with van der Waals surface area (Å²) in [5.74, 6) is 1.67. The molecular formula is C19H24N4OS. The van der Waals surface area contributed by atoms with Gasteiger partial charge in [0.15, 0.2) is 0 Å². The molecule has 2 atom stereocenters. The van der Waals surface area contributed by atoms with Gasteiger partial charge in [-0.1, -0.05) is 67.9 Å². The molecule has 5 nitrogen and oxygen atoms in total. The third kappa shape index (κ3) is 5.46. The van der Waals surface area contributed by atoms with E-state index in [0.717, 1.165) is 12.0 Å². The summed E-state index contributed by atoms with van der Waals surface area (Å²) >= 11 is 1.36. The molecule has 1 aliphatic rings. The fraction of sp³-hybridized carbons (Fsp3) is 0.421. The van der Waals surface area contributed by atoms with Crippen molar-refractivity contribution in [2.45, 2.75) is 43.8 Å². The van der Waals surface area contributed by atoms with E-state index in [1.54, 1.807) is 0 Å². The van der Waals surface area contributed by atoms with Crippen LogP contribution in [0, 0.1) is 5.92 Å². The maximum Gasteiger partial charge on any atom is 0.230 e. The predicted octanol–water partition coefficient (Wildman–Crippen LogP) is 3.76. The fourth-order valence-corrected chi connectivity index (χ4v) is 3.66. The Kier molecular flexibility index (Phi) is 6.28. The number of benzene rings is 1. The predicted molar refractivity (Wildman–Crippen MR) is 102 cm³/mol. The molecule has 6 heteroatoms. The standard InChI is InChI=1S/C19H24N4OS/c1-14-7-5-6-10-16(14)20-18(24)13-25-19-21-17(22-23-19)12-11-15-8-3-2-4-9-15/h2-4,8-9,11-12,14,16H,5-7,10,13H2,1H3,(H,20,24)(H,21,22,23)/b12-11+. The molecule has 0 saturated heterocycles. The zero-order chi connectivity index (χ0) is 17.5. The van der Waals surface area contributed by atoms with Crippen LogP contribution in [0.1, 0.15) is 44.0 Å². The van der Waals surface area contributed by atoms with Crippen molar-refractivity contribution in [3.05, 3.63) is 41.7 Å². The first-order valence-corrected chi connectivity index (χ1v) is 9.77. The SMILES string of the molecule is CC1CCCCC1NC(=O)CSc1n[nH]c(/C=C/c2ccccc2)n1. The summed E-state index contributed by atoms with van der Waals surface area (Å²) in [5.41, 5.74) is 1.11. The number of aromatic amines is 1. The lowest BCUT2D eigenvalue weighted by Gasteiger charge is -2.29. The van der Waals surface area contributed by atoms with Gasteiger partial charge in [0.1, 0.15) is 5.82 Å². The van der Waals surface area contributed by atoms with E-state index in [9.17, 15) is 4.79 Å². The van der Waals surface area contributed by atoms with Crippen molar-refractivity contribution in [2.24, 2.45) is 5.92 Å². The van der Waals surface area contributed by atoms with E-state index in [1.807, 2.05) is 42.5 Å². The van der Waals surface area contributed by atoms with Gasteiger partial charge in [-0.3, -0.25) is 9.89 Å². The number of aromatic nitrogens is 3. The van der Waals surface area contributed by atoms with Gasteiger partial charge in [0, 0.05) is 6.04 Å². The molecule has 2 N–H and O–H groups in total. The van der Waals surface area contributed by atoms with Gasteiger partial charge in [0.2, 0.25) is 11.1 Å². The number of thioether (sulfide) groups is 1. The van der Waals surface area contributed by atoms with Gasteiger partial charge in [0.05, 0.1) is 5.75 Å². The lowest BCUT2D eigenvalue weighted by atomic mass is 9.86. The number of amides is 1. The molecule has 132 valence electrons. The van der Waals surface area contributed by atoms with Crippen molar-refractivity contribution in [3.8, 4) is 0 Å². The summed E-state index contributed by atoms with van der Waals surface area (Å²) < 4.78 is 0. The molecule has 0 radical (unpaired) electrons. The number of hydrogen-bond acceptors (Lipinski definition) is 4. The third-order valence-electron chi connectivity index (χ3n) is 4.51. The van der Waals surface area contributed by atoms with Gasteiger partial charge in [-0.15, -0.1) is 5.10 Å². The van der Waals surface area contributed by atoms with Gasteiger partial charge in [-0.05, 0) is 30.4 Å². The maximum atomic E-state index is 12.1. The molecule has 0 bridgehead atoms. The van der Waals surface area contributed by atoms with Crippen LogP contribution in [0.25, 0.3) is 12.2 Å². The van der Waals surface area contributed by atoms with Crippen LogP contribution in [-0.2, 0) is 4.79 Å². The van der Waals surface area contributed by atoms with Crippen molar-refractivity contribution in [2.75, 3.05) is 5.75 Å². The average Bonchev–Trinajstić information content (AvgIpc) is 3.09. The average molecular weight is 356 g/mol. The quantitative estimate of drug-likeness (QED) is 0.773. The highest BCUT2D eigenvalue weighted by molar-refractivity contribution is 7.99. The Bertz CT molecular complexity index is 713. The summed E-state index contributed by atoms with van der Waals surface area (Å²) in [6.07, 6.45) is 8.64. The van der Waals surface area contributed by atoms with Crippen molar-refractivity contribution in [1.29, 1.82) is 0 Å². The van der Waals surface area contributed by atoms with E-state index in [4.69, 9.17) is 0 Å². The summed E-state index contributed by atoms with van der Waals surface area (Å²) in [6, 6.07) is 10.3. The van der Waals surface area contributed by atoms with Crippen LogP contribution in [0.2, 0.25) is 0 Å². The van der Waals surface area contributed by atoms with Gasteiger partial charge in [-0.2, -0.15) is 0 Å². The molecule has 0 spiro atoms. The van der Waals surface area contributed by atoms with E-state index in [0.29, 0.717) is 28.7 Å².